The van der Waals surface area contributed by atoms with Crippen LogP contribution in [0.1, 0.15) is 30.5 Å². The van der Waals surface area contributed by atoms with Crippen LogP contribution in [0.5, 0.6) is 0 Å². The van der Waals surface area contributed by atoms with Gasteiger partial charge in [-0.05, 0) is 12.8 Å². The van der Waals surface area contributed by atoms with Gasteiger partial charge in [0.05, 0.1) is 0 Å². The molecule has 0 aliphatic heterocycles. The van der Waals surface area contributed by atoms with E-state index in [4.69, 9.17) is 0 Å². The number of hydrogen-bond acceptors (Lipinski definition) is 0. The third-order valence-corrected chi connectivity index (χ3v) is 0. The summed E-state index contributed by atoms with van der Waals surface area (Å²) in [6, 6.07) is 0. The van der Waals surface area contributed by atoms with Gasteiger partial charge in [-0.15, -0.1) is 0 Å². The zero-order valence-corrected chi connectivity index (χ0v) is 9.54. The van der Waals surface area contributed by atoms with Crippen molar-refractivity contribution in [2.24, 2.45) is 0 Å². The van der Waals surface area contributed by atoms with Crippen molar-refractivity contribution in [3.05, 3.63) is 12.8 Å². The summed E-state index contributed by atoms with van der Waals surface area (Å²) in [5.41, 5.74) is 0. The van der Waals surface area contributed by atoms with Crippen molar-refractivity contribution >= 4 is 27.3 Å². The molecule has 0 heterocycles. The zero-order chi connectivity index (χ0) is 5.41. The number of hydrogen-bond donors (Lipinski definition) is 0. The van der Waals surface area contributed by atoms with Crippen molar-refractivity contribution in [1.82, 2.24) is 0 Å². The molecule has 0 saturated carbocycles. The van der Waals surface area contributed by atoms with Gasteiger partial charge >= 0.3 is 0 Å². The van der Waals surface area contributed by atoms with E-state index in [1.165, 1.54) is 0 Å². The first-order valence-corrected chi connectivity index (χ1v) is 2.31. The van der Waals surface area contributed by atoms with E-state index in [1.807, 2.05) is 40.5 Å². The molecule has 0 N–H and O–H groups in total. The molecule has 6 radical (unpaired) electrons. The average Bonchev–Trinajstić information content (AvgIpc) is 1.39. The van der Waals surface area contributed by atoms with Crippen LogP contribution in [-0.2, 0) is 0 Å². The maximum atomic E-state index is 2.00. The van der Waals surface area contributed by atoms with Gasteiger partial charge in [0.2, 0.25) is 0 Å². The Bertz CT molecular complexity index is 13.0. The summed E-state index contributed by atoms with van der Waals surface area (Å²) < 4.78 is 0. The van der Waals surface area contributed by atoms with Crippen LogP contribution in [0.3, 0.4) is 0 Å². The average molecular weight is 297 g/mol. The van der Waals surface area contributed by atoms with Crippen molar-refractivity contribution < 1.29 is 2.85 Å². The molecule has 0 fully saturated rings. The van der Waals surface area contributed by atoms with E-state index in [-0.39, 0.29) is 30.2 Å². The maximum absolute atomic E-state index is 2.00. The third-order valence-electron chi connectivity index (χ3n) is 0. The molecular formula is C6H18Pb. The molecule has 0 spiro atoms. The third kappa shape index (κ3) is 197. The van der Waals surface area contributed by atoms with Crippen molar-refractivity contribution in [1.29, 1.82) is 0 Å². The van der Waals surface area contributed by atoms with Gasteiger partial charge in [0, 0.05) is 30.2 Å². The van der Waals surface area contributed by atoms with E-state index < -0.39 is 0 Å². The minimum Gasteiger partial charge on any atom is -0.0625 e. The molecule has 46 valence electrons. The predicted octanol–water partition coefficient (Wildman–Crippen LogP) is 2.57. The van der Waals surface area contributed by atoms with E-state index in [1.54, 1.807) is 0 Å². The monoisotopic (exact) mass is 298 g/mol. The first kappa shape index (κ1) is 15.7. The Morgan fingerprint density at radius 3 is 0.857 bits per heavy atom. The summed E-state index contributed by atoms with van der Waals surface area (Å²) in [6.07, 6.45) is 4.00. The molecule has 0 aromatic carbocycles. The summed E-state index contributed by atoms with van der Waals surface area (Å²) in [4.78, 5) is 0. The summed E-state index contributed by atoms with van der Waals surface area (Å²) in [5, 5.41) is 0. The molecule has 0 nitrogen and oxygen atoms in total. The Hall–Kier alpha value is 0.922. The van der Waals surface area contributed by atoms with Crippen LogP contribution in [0, 0.1) is 12.8 Å². The molecule has 0 atom stereocenters. The van der Waals surface area contributed by atoms with E-state index in [9.17, 15) is 0 Å². The minimum absolute atomic E-state index is 0. The maximum Gasteiger partial charge on any atom is 0 e. The molecule has 0 aromatic heterocycles. The smallest absolute Gasteiger partial charge is 0 e. The van der Waals surface area contributed by atoms with Gasteiger partial charge in [0.15, 0.2) is 0 Å². The molecule has 7 heavy (non-hydrogen) atoms. The second-order valence-corrected chi connectivity index (χ2v) is 1.15. The molecule has 1 heteroatoms. The quantitative estimate of drug-likeness (QED) is 0.603. The summed E-state index contributed by atoms with van der Waals surface area (Å²) in [6.45, 7) is 8.00. The van der Waals surface area contributed by atoms with Crippen LogP contribution >= 0.6 is 0 Å². The van der Waals surface area contributed by atoms with Crippen LogP contribution < -0.4 is 0 Å². The molecule has 0 unspecified atom stereocenters. The van der Waals surface area contributed by atoms with Gasteiger partial charge in [0.25, 0.3) is 0 Å². The standard InChI is InChI=1S/2C3H7.Pb.2H2/c2*1-3-2;;;/h2*3H,1-2H3;;2*1H. The van der Waals surface area contributed by atoms with Gasteiger partial charge < -0.3 is 0 Å². The largest absolute Gasteiger partial charge is 0.0625 e. The Morgan fingerprint density at radius 2 is 0.857 bits per heavy atom. The molecule has 0 bridgehead atoms. The second kappa shape index (κ2) is 28.4. The fourth-order valence-electron chi connectivity index (χ4n) is 0. The Balaban J connectivity index is -0.00000000889. The summed E-state index contributed by atoms with van der Waals surface area (Å²) >= 11 is 0. The first-order valence-electron chi connectivity index (χ1n) is 2.31. The molecule has 0 amide bonds. The molecule has 0 saturated heterocycles. The second-order valence-electron chi connectivity index (χ2n) is 1.15. The van der Waals surface area contributed by atoms with E-state index in [0.29, 0.717) is 0 Å². The minimum atomic E-state index is 0. The summed E-state index contributed by atoms with van der Waals surface area (Å²) in [7, 11) is 0. The van der Waals surface area contributed by atoms with E-state index >= 15 is 0 Å². The summed E-state index contributed by atoms with van der Waals surface area (Å²) in [5.74, 6) is 0. The number of rotatable bonds is 0. The fourth-order valence-corrected chi connectivity index (χ4v) is 0. The zero-order valence-electron chi connectivity index (χ0n) is 5.65. The van der Waals surface area contributed by atoms with E-state index in [2.05, 4.69) is 0 Å². The normalized spacial score (nSPS) is 5.14. The van der Waals surface area contributed by atoms with Crippen molar-refractivity contribution in [2.75, 3.05) is 0 Å². The fraction of sp³-hybridized carbons (Fsp3) is 0.667. The molecule has 0 aliphatic rings. The van der Waals surface area contributed by atoms with Crippen LogP contribution in [0.15, 0.2) is 0 Å². The van der Waals surface area contributed by atoms with Gasteiger partial charge in [-0.2, -0.15) is 0 Å². The topological polar surface area (TPSA) is 0 Å². The van der Waals surface area contributed by atoms with Gasteiger partial charge in [-0.1, -0.05) is 27.7 Å². The van der Waals surface area contributed by atoms with Crippen molar-refractivity contribution in [3.63, 3.8) is 0 Å². The van der Waals surface area contributed by atoms with Crippen LogP contribution in [0.2, 0.25) is 0 Å². The molecular weight excluding hydrogens is 279 g/mol. The van der Waals surface area contributed by atoms with Gasteiger partial charge in [-0.25, -0.2) is 0 Å². The molecule has 0 rings (SSSR count). The molecule has 0 aromatic rings. The van der Waals surface area contributed by atoms with Gasteiger partial charge in [-0.3, -0.25) is 0 Å². The van der Waals surface area contributed by atoms with Crippen LogP contribution in [0.25, 0.3) is 0 Å². The SMILES string of the molecule is C[CH]C.C[CH]C.[HH].[HH].[Pb]. The Morgan fingerprint density at radius 1 is 0.857 bits per heavy atom. The van der Waals surface area contributed by atoms with Crippen molar-refractivity contribution in [3.8, 4) is 0 Å². The first-order chi connectivity index (χ1) is 2.83. The Labute approximate surface area is 70.8 Å². The Kier molecular flexibility index (Phi) is 63.6. The van der Waals surface area contributed by atoms with Crippen molar-refractivity contribution in [2.45, 2.75) is 27.7 Å². The van der Waals surface area contributed by atoms with Crippen LogP contribution in [0.4, 0.5) is 0 Å². The van der Waals surface area contributed by atoms with Gasteiger partial charge in [0.1, 0.15) is 0 Å². The predicted molar refractivity (Wildman–Crippen MR) is 41.3 cm³/mol. The van der Waals surface area contributed by atoms with Crippen LogP contribution in [-0.4, -0.2) is 27.3 Å². The van der Waals surface area contributed by atoms with E-state index in [0.717, 1.165) is 0 Å². The molecule has 0 aliphatic carbocycles.